The molecule has 0 unspecified atom stereocenters. The standard InChI is InChI=1S/C9H10IN3/c10-8-5-11-6-12-9(8)13-7-3-1-2-4-7/h1-2,5-7H,3-4H2,(H,11,12,13). The van der Waals surface area contributed by atoms with Crippen LogP contribution in [0.15, 0.2) is 24.7 Å². The molecule has 0 atom stereocenters. The summed E-state index contributed by atoms with van der Waals surface area (Å²) >= 11 is 2.24. The normalized spacial score (nSPS) is 16.4. The molecule has 1 aromatic heterocycles. The first kappa shape index (κ1) is 8.93. The molecule has 1 N–H and O–H groups in total. The monoisotopic (exact) mass is 287 g/mol. The molecule has 1 heterocycles. The Morgan fingerprint density at radius 1 is 1.38 bits per heavy atom. The van der Waals surface area contributed by atoms with E-state index in [4.69, 9.17) is 0 Å². The smallest absolute Gasteiger partial charge is 0.143 e. The van der Waals surface area contributed by atoms with E-state index in [1.54, 1.807) is 6.33 Å². The van der Waals surface area contributed by atoms with E-state index in [1.165, 1.54) is 0 Å². The highest BCUT2D eigenvalue weighted by Crippen LogP contribution is 2.18. The van der Waals surface area contributed by atoms with Gasteiger partial charge in [-0.05, 0) is 35.4 Å². The molecule has 1 aliphatic rings. The summed E-state index contributed by atoms with van der Waals surface area (Å²) in [5, 5.41) is 3.39. The molecular weight excluding hydrogens is 277 g/mol. The van der Waals surface area contributed by atoms with Crippen LogP contribution in [0, 0.1) is 3.57 Å². The molecule has 68 valence electrons. The lowest BCUT2D eigenvalue weighted by molar-refractivity contribution is 0.778. The highest BCUT2D eigenvalue weighted by Gasteiger charge is 2.11. The van der Waals surface area contributed by atoms with Crippen molar-refractivity contribution in [3.63, 3.8) is 0 Å². The first-order valence-electron chi connectivity index (χ1n) is 4.23. The van der Waals surface area contributed by atoms with Crippen LogP contribution in [0.1, 0.15) is 12.8 Å². The SMILES string of the molecule is Ic1cncnc1NC1CC=CC1. The van der Waals surface area contributed by atoms with Crippen LogP contribution in [0.4, 0.5) is 5.82 Å². The van der Waals surface area contributed by atoms with E-state index in [1.807, 2.05) is 6.20 Å². The van der Waals surface area contributed by atoms with Gasteiger partial charge in [0.2, 0.25) is 0 Å². The van der Waals surface area contributed by atoms with Gasteiger partial charge in [0.15, 0.2) is 0 Å². The fraction of sp³-hybridized carbons (Fsp3) is 0.333. The molecular formula is C9H10IN3. The van der Waals surface area contributed by atoms with Gasteiger partial charge in [-0.1, -0.05) is 12.2 Å². The summed E-state index contributed by atoms with van der Waals surface area (Å²) in [6.07, 6.45) is 9.99. The molecule has 13 heavy (non-hydrogen) atoms. The molecule has 1 aliphatic carbocycles. The van der Waals surface area contributed by atoms with Gasteiger partial charge >= 0.3 is 0 Å². The van der Waals surface area contributed by atoms with Gasteiger partial charge in [-0.3, -0.25) is 0 Å². The van der Waals surface area contributed by atoms with Gasteiger partial charge in [0.1, 0.15) is 12.1 Å². The van der Waals surface area contributed by atoms with Crippen LogP contribution in [-0.4, -0.2) is 16.0 Å². The third kappa shape index (κ3) is 2.18. The van der Waals surface area contributed by atoms with Crippen molar-refractivity contribution in [1.82, 2.24) is 9.97 Å². The molecule has 0 bridgehead atoms. The third-order valence-electron chi connectivity index (χ3n) is 2.02. The number of hydrogen-bond donors (Lipinski definition) is 1. The highest BCUT2D eigenvalue weighted by molar-refractivity contribution is 14.1. The van der Waals surface area contributed by atoms with Crippen LogP contribution < -0.4 is 5.32 Å². The maximum Gasteiger partial charge on any atom is 0.143 e. The number of halogens is 1. The Balaban J connectivity index is 2.05. The van der Waals surface area contributed by atoms with Gasteiger partial charge < -0.3 is 5.32 Å². The average molecular weight is 287 g/mol. The lowest BCUT2D eigenvalue weighted by atomic mass is 10.2. The zero-order chi connectivity index (χ0) is 9.10. The Morgan fingerprint density at radius 3 is 2.85 bits per heavy atom. The van der Waals surface area contributed by atoms with Crippen LogP contribution in [0.3, 0.4) is 0 Å². The lowest BCUT2D eigenvalue weighted by Crippen LogP contribution is -2.16. The van der Waals surface area contributed by atoms with E-state index in [0.717, 1.165) is 22.2 Å². The Kier molecular flexibility index (Phi) is 2.77. The number of hydrogen-bond acceptors (Lipinski definition) is 3. The first-order valence-corrected chi connectivity index (χ1v) is 5.31. The first-order chi connectivity index (χ1) is 6.36. The minimum Gasteiger partial charge on any atom is -0.366 e. The summed E-state index contributed by atoms with van der Waals surface area (Å²) in [7, 11) is 0. The van der Waals surface area contributed by atoms with Gasteiger partial charge in [0.25, 0.3) is 0 Å². The van der Waals surface area contributed by atoms with Gasteiger partial charge in [-0.25, -0.2) is 9.97 Å². The lowest BCUT2D eigenvalue weighted by Gasteiger charge is -2.12. The second-order valence-corrected chi connectivity index (χ2v) is 4.17. The van der Waals surface area contributed by atoms with Crippen molar-refractivity contribution >= 4 is 28.4 Å². The van der Waals surface area contributed by atoms with Gasteiger partial charge in [-0.2, -0.15) is 0 Å². The topological polar surface area (TPSA) is 37.8 Å². The van der Waals surface area contributed by atoms with E-state index >= 15 is 0 Å². The zero-order valence-electron chi connectivity index (χ0n) is 7.07. The van der Waals surface area contributed by atoms with Crippen molar-refractivity contribution in [1.29, 1.82) is 0 Å². The molecule has 4 heteroatoms. The Bertz CT molecular complexity index is 316. The van der Waals surface area contributed by atoms with Crippen molar-refractivity contribution in [3.05, 3.63) is 28.2 Å². The van der Waals surface area contributed by atoms with Gasteiger partial charge in [-0.15, -0.1) is 0 Å². The molecule has 3 nitrogen and oxygen atoms in total. The van der Waals surface area contributed by atoms with Crippen molar-refractivity contribution in [2.24, 2.45) is 0 Å². The molecule has 0 saturated carbocycles. The molecule has 2 rings (SSSR count). The Hall–Kier alpha value is -0.650. The highest BCUT2D eigenvalue weighted by atomic mass is 127. The molecule has 0 radical (unpaired) electrons. The predicted molar refractivity (Wildman–Crippen MR) is 60.5 cm³/mol. The molecule has 0 fully saturated rings. The number of anilines is 1. The summed E-state index contributed by atoms with van der Waals surface area (Å²) in [5.74, 6) is 0.948. The largest absolute Gasteiger partial charge is 0.366 e. The minimum absolute atomic E-state index is 0.517. The van der Waals surface area contributed by atoms with E-state index in [9.17, 15) is 0 Å². The molecule has 0 aliphatic heterocycles. The van der Waals surface area contributed by atoms with E-state index in [-0.39, 0.29) is 0 Å². The van der Waals surface area contributed by atoms with Crippen LogP contribution in [0.5, 0.6) is 0 Å². The van der Waals surface area contributed by atoms with Crippen molar-refractivity contribution in [2.45, 2.75) is 18.9 Å². The number of nitrogens with one attached hydrogen (secondary N) is 1. The van der Waals surface area contributed by atoms with E-state index in [2.05, 4.69) is 50.0 Å². The summed E-state index contributed by atoms with van der Waals surface area (Å²) in [5.41, 5.74) is 0. The maximum absolute atomic E-state index is 4.18. The number of nitrogens with zero attached hydrogens (tertiary/aromatic N) is 2. The average Bonchev–Trinajstić information content (AvgIpc) is 2.61. The fourth-order valence-electron chi connectivity index (χ4n) is 1.35. The van der Waals surface area contributed by atoms with Gasteiger partial charge in [0, 0.05) is 12.2 Å². The molecule has 0 saturated heterocycles. The Morgan fingerprint density at radius 2 is 2.15 bits per heavy atom. The van der Waals surface area contributed by atoms with Gasteiger partial charge in [0.05, 0.1) is 3.57 Å². The van der Waals surface area contributed by atoms with Crippen molar-refractivity contribution < 1.29 is 0 Å². The minimum atomic E-state index is 0.517. The van der Waals surface area contributed by atoms with Crippen molar-refractivity contribution in [3.8, 4) is 0 Å². The summed E-state index contributed by atoms with van der Waals surface area (Å²) in [4.78, 5) is 8.13. The van der Waals surface area contributed by atoms with Crippen LogP contribution in [-0.2, 0) is 0 Å². The molecule has 0 spiro atoms. The summed E-state index contributed by atoms with van der Waals surface area (Å²) in [6, 6.07) is 0.517. The van der Waals surface area contributed by atoms with Crippen molar-refractivity contribution in [2.75, 3.05) is 5.32 Å². The summed E-state index contributed by atoms with van der Waals surface area (Å²) < 4.78 is 1.08. The molecule has 0 amide bonds. The maximum atomic E-state index is 4.18. The fourth-order valence-corrected chi connectivity index (χ4v) is 1.80. The van der Waals surface area contributed by atoms with E-state index < -0.39 is 0 Å². The summed E-state index contributed by atoms with van der Waals surface area (Å²) in [6.45, 7) is 0. The number of aromatic nitrogens is 2. The van der Waals surface area contributed by atoms with Crippen LogP contribution in [0.25, 0.3) is 0 Å². The third-order valence-corrected chi connectivity index (χ3v) is 2.81. The zero-order valence-corrected chi connectivity index (χ0v) is 9.23. The quantitative estimate of drug-likeness (QED) is 0.669. The van der Waals surface area contributed by atoms with E-state index in [0.29, 0.717) is 6.04 Å². The van der Waals surface area contributed by atoms with Crippen LogP contribution >= 0.6 is 22.6 Å². The predicted octanol–water partition coefficient (Wildman–Crippen LogP) is 2.21. The second kappa shape index (κ2) is 4.04. The molecule has 1 aromatic rings. The van der Waals surface area contributed by atoms with Crippen LogP contribution in [0.2, 0.25) is 0 Å². The number of rotatable bonds is 2. The second-order valence-electron chi connectivity index (χ2n) is 3.00. The Labute approximate surface area is 90.8 Å². The molecule has 0 aromatic carbocycles.